The Morgan fingerprint density at radius 1 is 1.14 bits per heavy atom. The van der Waals surface area contributed by atoms with Crippen molar-refractivity contribution < 1.29 is 22.3 Å². The number of rotatable bonds is 5. The summed E-state index contributed by atoms with van der Waals surface area (Å²) < 4.78 is 50.6. The van der Waals surface area contributed by atoms with E-state index in [9.17, 15) is 22.3 Å². The van der Waals surface area contributed by atoms with Gasteiger partial charge in [0.2, 0.25) is 0 Å². The minimum absolute atomic E-state index is 0.260. The summed E-state index contributed by atoms with van der Waals surface area (Å²) in [7, 11) is -3.73. The summed E-state index contributed by atoms with van der Waals surface area (Å²) in [6, 6.07) is 9.02. The lowest BCUT2D eigenvalue weighted by atomic mass is 10.1. The maximum absolute atomic E-state index is 13.6. The summed E-state index contributed by atoms with van der Waals surface area (Å²) >= 11 is 5.90. The molecule has 0 amide bonds. The van der Waals surface area contributed by atoms with E-state index in [4.69, 9.17) is 11.6 Å². The number of benzene rings is 2. The van der Waals surface area contributed by atoms with E-state index in [0.29, 0.717) is 16.7 Å². The maximum Gasteiger partial charge on any atom is 0.157 e. The predicted molar refractivity (Wildman–Crippen MR) is 80.3 cm³/mol. The van der Waals surface area contributed by atoms with Gasteiger partial charge in [-0.05, 0) is 17.7 Å². The normalized spacial score (nSPS) is 13.1. The van der Waals surface area contributed by atoms with Gasteiger partial charge in [-0.1, -0.05) is 35.9 Å². The van der Waals surface area contributed by atoms with Crippen LogP contribution in [0.3, 0.4) is 0 Å². The first-order valence-electron chi connectivity index (χ1n) is 6.35. The van der Waals surface area contributed by atoms with Crippen molar-refractivity contribution in [2.75, 3.05) is 5.75 Å². The zero-order valence-corrected chi connectivity index (χ0v) is 12.9. The zero-order valence-electron chi connectivity index (χ0n) is 11.3. The SMILES string of the molecule is O=S(=O)(Cc1ccccc1Cl)CC(O)c1ccc(F)cc1F. The lowest BCUT2D eigenvalue weighted by Gasteiger charge is -2.13. The van der Waals surface area contributed by atoms with Gasteiger partial charge in [-0.2, -0.15) is 0 Å². The molecule has 118 valence electrons. The van der Waals surface area contributed by atoms with Crippen molar-refractivity contribution in [2.24, 2.45) is 0 Å². The van der Waals surface area contributed by atoms with Crippen LogP contribution in [0.2, 0.25) is 5.02 Å². The molecule has 0 bridgehead atoms. The molecule has 0 aliphatic rings. The molecule has 0 aliphatic heterocycles. The van der Waals surface area contributed by atoms with Gasteiger partial charge in [-0.15, -0.1) is 0 Å². The molecule has 0 aliphatic carbocycles. The van der Waals surface area contributed by atoms with Crippen molar-refractivity contribution in [3.63, 3.8) is 0 Å². The molecule has 0 fully saturated rings. The Morgan fingerprint density at radius 3 is 2.45 bits per heavy atom. The van der Waals surface area contributed by atoms with Gasteiger partial charge in [0, 0.05) is 16.7 Å². The van der Waals surface area contributed by atoms with E-state index in [1.165, 1.54) is 0 Å². The van der Waals surface area contributed by atoms with Crippen LogP contribution in [-0.4, -0.2) is 19.3 Å². The fourth-order valence-corrected chi connectivity index (χ4v) is 3.80. The summed E-state index contributed by atoms with van der Waals surface area (Å²) in [5, 5.41) is 10.2. The van der Waals surface area contributed by atoms with Crippen LogP contribution in [0.15, 0.2) is 42.5 Å². The number of hydrogen-bond acceptors (Lipinski definition) is 3. The summed E-state index contributed by atoms with van der Waals surface area (Å²) in [6.07, 6.45) is -1.58. The molecule has 1 N–H and O–H groups in total. The van der Waals surface area contributed by atoms with Gasteiger partial charge in [0.25, 0.3) is 0 Å². The van der Waals surface area contributed by atoms with E-state index in [-0.39, 0.29) is 11.3 Å². The van der Waals surface area contributed by atoms with Gasteiger partial charge in [0.15, 0.2) is 9.84 Å². The van der Waals surface area contributed by atoms with E-state index in [1.807, 2.05) is 0 Å². The minimum atomic E-state index is -3.73. The smallest absolute Gasteiger partial charge is 0.157 e. The molecule has 1 atom stereocenters. The number of sulfone groups is 1. The molecule has 2 rings (SSSR count). The Labute approximate surface area is 132 Å². The van der Waals surface area contributed by atoms with E-state index < -0.39 is 33.3 Å². The number of aliphatic hydroxyl groups is 1. The molecule has 0 saturated heterocycles. The summed E-state index contributed by atoms with van der Waals surface area (Å²) in [5.41, 5.74) is 0.139. The van der Waals surface area contributed by atoms with Gasteiger partial charge in [-0.3, -0.25) is 0 Å². The Kier molecular flexibility index (Phi) is 5.16. The van der Waals surface area contributed by atoms with Crippen molar-refractivity contribution in [1.29, 1.82) is 0 Å². The highest BCUT2D eigenvalue weighted by atomic mass is 35.5. The van der Waals surface area contributed by atoms with Crippen LogP contribution in [-0.2, 0) is 15.6 Å². The van der Waals surface area contributed by atoms with Crippen molar-refractivity contribution in [3.05, 3.63) is 70.2 Å². The molecule has 0 heterocycles. The number of aliphatic hydroxyl groups excluding tert-OH is 1. The van der Waals surface area contributed by atoms with E-state index in [1.54, 1.807) is 24.3 Å². The van der Waals surface area contributed by atoms with Crippen LogP contribution in [0.4, 0.5) is 8.78 Å². The van der Waals surface area contributed by atoms with Crippen LogP contribution in [0, 0.1) is 11.6 Å². The van der Waals surface area contributed by atoms with E-state index >= 15 is 0 Å². The largest absolute Gasteiger partial charge is 0.387 e. The second-order valence-corrected chi connectivity index (χ2v) is 7.34. The van der Waals surface area contributed by atoms with Gasteiger partial charge in [0.05, 0.1) is 17.6 Å². The molecule has 0 saturated carbocycles. The summed E-state index contributed by atoms with van der Waals surface area (Å²) in [4.78, 5) is 0. The predicted octanol–water partition coefficient (Wildman–Crippen LogP) is 3.27. The maximum atomic E-state index is 13.6. The number of halogens is 3. The Morgan fingerprint density at radius 2 is 1.82 bits per heavy atom. The first kappa shape index (κ1) is 16.9. The molecule has 0 aromatic heterocycles. The lowest BCUT2D eigenvalue weighted by Crippen LogP contribution is -2.17. The van der Waals surface area contributed by atoms with E-state index in [0.717, 1.165) is 12.1 Å². The third-order valence-electron chi connectivity index (χ3n) is 3.07. The average Bonchev–Trinajstić information content (AvgIpc) is 2.40. The van der Waals surface area contributed by atoms with Crippen molar-refractivity contribution >= 4 is 21.4 Å². The molecule has 22 heavy (non-hydrogen) atoms. The van der Waals surface area contributed by atoms with Crippen LogP contribution in [0.25, 0.3) is 0 Å². The highest BCUT2D eigenvalue weighted by Gasteiger charge is 2.22. The minimum Gasteiger partial charge on any atom is -0.387 e. The van der Waals surface area contributed by atoms with Gasteiger partial charge in [0.1, 0.15) is 11.6 Å². The molecule has 3 nitrogen and oxygen atoms in total. The Balaban J connectivity index is 2.16. The molecular weight excluding hydrogens is 334 g/mol. The van der Waals surface area contributed by atoms with Crippen LogP contribution >= 0.6 is 11.6 Å². The summed E-state index contributed by atoms with van der Waals surface area (Å²) in [5.74, 6) is -2.83. The van der Waals surface area contributed by atoms with Crippen LogP contribution in [0.5, 0.6) is 0 Å². The van der Waals surface area contributed by atoms with Gasteiger partial charge < -0.3 is 5.11 Å². The monoisotopic (exact) mass is 346 g/mol. The highest BCUT2D eigenvalue weighted by Crippen LogP contribution is 2.23. The fourth-order valence-electron chi connectivity index (χ4n) is 2.01. The highest BCUT2D eigenvalue weighted by molar-refractivity contribution is 7.90. The molecule has 0 spiro atoms. The van der Waals surface area contributed by atoms with Gasteiger partial charge >= 0.3 is 0 Å². The quantitative estimate of drug-likeness (QED) is 0.904. The molecular formula is C15H13ClF2O3S. The van der Waals surface area contributed by atoms with Crippen molar-refractivity contribution in [1.82, 2.24) is 0 Å². The first-order chi connectivity index (χ1) is 10.3. The molecule has 1 unspecified atom stereocenters. The van der Waals surface area contributed by atoms with Crippen molar-refractivity contribution in [3.8, 4) is 0 Å². The standard InChI is InChI=1S/C15H13ClF2O3S/c16-13-4-2-1-3-10(13)8-22(20,21)9-15(19)12-6-5-11(17)7-14(12)18/h1-7,15,19H,8-9H2. The average molecular weight is 347 g/mol. The topological polar surface area (TPSA) is 54.4 Å². The van der Waals surface area contributed by atoms with Gasteiger partial charge in [-0.25, -0.2) is 17.2 Å². The van der Waals surface area contributed by atoms with Crippen LogP contribution < -0.4 is 0 Å². The first-order valence-corrected chi connectivity index (χ1v) is 8.55. The molecule has 7 heteroatoms. The second-order valence-electron chi connectivity index (χ2n) is 4.83. The zero-order chi connectivity index (χ0) is 16.3. The Bertz CT molecular complexity index is 778. The Hall–Kier alpha value is -1.50. The number of hydrogen-bond donors (Lipinski definition) is 1. The molecule has 0 radical (unpaired) electrons. The second kappa shape index (κ2) is 6.73. The lowest BCUT2D eigenvalue weighted by molar-refractivity contribution is 0.196. The molecule has 2 aromatic rings. The third-order valence-corrected chi connectivity index (χ3v) is 5.01. The van der Waals surface area contributed by atoms with Crippen LogP contribution in [0.1, 0.15) is 17.2 Å². The van der Waals surface area contributed by atoms with E-state index in [2.05, 4.69) is 0 Å². The third kappa shape index (κ3) is 4.25. The summed E-state index contributed by atoms with van der Waals surface area (Å²) in [6.45, 7) is 0. The van der Waals surface area contributed by atoms with Crippen molar-refractivity contribution in [2.45, 2.75) is 11.9 Å². The molecule has 2 aromatic carbocycles. The fraction of sp³-hybridized carbons (Fsp3) is 0.200.